The van der Waals surface area contributed by atoms with Gasteiger partial charge >= 0.3 is 0 Å². The van der Waals surface area contributed by atoms with Gasteiger partial charge in [0.25, 0.3) is 0 Å². The van der Waals surface area contributed by atoms with Crippen LogP contribution >= 0.6 is 0 Å². The van der Waals surface area contributed by atoms with Crippen LogP contribution in [-0.2, 0) is 20.8 Å². The van der Waals surface area contributed by atoms with E-state index in [1.165, 1.54) is 0 Å². The number of rotatable bonds is 8. The number of hydrogen-bond acceptors (Lipinski definition) is 4. The molecule has 132 valence electrons. The van der Waals surface area contributed by atoms with E-state index in [1.807, 2.05) is 44.2 Å². The predicted molar refractivity (Wildman–Crippen MR) is 93.2 cm³/mol. The molecular formula is C18H27N3O3. The van der Waals surface area contributed by atoms with Crippen molar-refractivity contribution in [3.8, 4) is 0 Å². The first-order chi connectivity index (χ1) is 11.3. The lowest BCUT2D eigenvalue weighted by molar-refractivity contribution is -0.134. The normalized spacial score (nSPS) is 13.2. The van der Waals surface area contributed by atoms with Crippen LogP contribution in [0.25, 0.3) is 0 Å². The van der Waals surface area contributed by atoms with E-state index in [4.69, 9.17) is 0 Å². The van der Waals surface area contributed by atoms with Crippen molar-refractivity contribution in [3.05, 3.63) is 35.9 Å². The second-order valence-electron chi connectivity index (χ2n) is 6.28. The molecule has 2 atom stereocenters. The van der Waals surface area contributed by atoms with Crippen molar-refractivity contribution in [2.24, 2.45) is 5.92 Å². The molecule has 3 N–H and O–H groups in total. The maximum Gasteiger partial charge on any atom is 0.248 e. The van der Waals surface area contributed by atoms with Gasteiger partial charge in [0, 0.05) is 0 Å². The molecule has 0 aromatic heterocycles. The molecule has 0 radical (unpaired) electrons. The third kappa shape index (κ3) is 6.91. The summed E-state index contributed by atoms with van der Waals surface area (Å²) in [5.41, 5.74) is 0.867. The molecule has 0 fully saturated rings. The van der Waals surface area contributed by atoms with Crippen LogP contribution in [0, 0.1) is 5.92 Å². The molecule has 0 heterocycles. The van der Waals surface area contributed by atoms with E-state index in [1.54, 1.807) is 14.0 Å². The lowest BCUT2D eigenvalue weighted by Crippen LogP contribution is -2.52. The van der Waals surface area contributed by atoms with E-state index in [0.29, 0.717) is 12.3 Å². The van der Waals surface area contributed by atoms with Crippen molar-refractivity contribution in [2.75, 3.05) is 7.05 Å². The molecule has 0 aliphatic rings. The van der Waals surface area contributed by atoms with Gasteiger partial charge in [0.1, 0.15) is 6.04 Å². The molecule has 6 nitrogen and oxygen atoms in total. The second kappa shape index (κ2) is 9.82. The largest absolute Gasteiger partial charge is 0.344 e. The molecule has 0 saturated heterocycles. The van der Waals surface area contributed by atoms with Crippen LogP contribution in [0.5, 0.6) is 0 Å². The molecule has 0 saturated carbocycles. The molecule has 1 rings (SSSR count). The minimum Gasteiger partial charge on any atom is -0.344 e. The van der Waals surface area contributed by atoms with Gasteiger partial charge in [-0.05, 0) is 31.9 Å². The molecule has 0 bridgehead atoms. The number of nitrogens with one attached hydrogen (secondary N) is 3. The van der Waals surface area contributed by atoms with Crippen LogP contribution < -0.4 is 16.0 Å². The lowest BCUT2D eigenvalue weighted by atomic mass is 10.0. The van der Waals surface area contributed by atoms with E-state index >= 15 is 0 Å². The summed E-state index contributed by atoms with van der Waals surface area (Å²) in [6.45, 7) is 5.57. The Labute approximate surface area is 143 Å². The number of carbonyl (C=O) groups is 3. The first-order valence-electron chi connectivity index (χ1n) is 8.18. The fraction of sp³-hybridized carbons (Fsp3) is 0.500. The topological polar surface area (TPSA) is 87.3 Å². The first kappa shape index (κ1) is 19.8. The first-order valence-corrected chi connectivity index (χ1v) is 8.18. The van der Waals surface area contributed by atoms with Gasteiger partial charge in [-0.2, -0.15) is 0 Å². The number of hydrogen-bond donors (Lipinski definition) is 3. The van der Waals surface area contributed by atoms with Gasteiger partial charge in [-0.15, -0.1) is 0 Å². The summed E-state index contributed by atoms with van der Waals surface area (Å²) < 4.78 is 0. The number of carbonyl (C=O) groups excluding carboxylic acids is 3. The van der Waals surface area contributed by atoms with Gasteiger partial charge in [0.2, 0.25) is 17.7 Å². The van der Waals surface area contributed by atoms with Gasteiger partial charge in [0.15, 0.2) is 0 Å². The van der Waals surface area contributed by atoms with Crippen LogP contribution in [-0.4, -0.2) is 36.9 Å². The number of likely N-dealkylation sites (N-methyl/N-ethyl adjacent to an activating group) is 1. The monoisotopic (exact) mass is 333 g/mol. The molecular weight excluding hydrogens is 306 g/mol. The summed E-state index contributed by atoms with van der Waals surface area (Å²) in [7, 11) is 1.68. The molecule has 6 heteroatoms. The SMILES string of the molecule is CN[C@@H](CC(C)C)C(=O)NC(=O)[C@H](C)NC(=O)Cc1ccccc1. The Bertz CT molecular complexity index is 558. The van der Waals surface area contributed by atoms with Crippen molar-refractivity contribution >= 4 is 17.7 Å². The highest BCUT2D eigenvalue weighted by Gasteiger charge is 2.23. The Kier molecular flexibility index (Phi) is 8.12. The fourth-order valence-electron chi connectivity index (χ4n) is 2.28. The van der Waals surface area contributed by atoms with E-state index in [9.17, 15) is 14.4 Å². The average Bonchev–Trinajstić information content (AvgIpc) is 2.52. The summed E-state index contributed by atoms with van der Waals surface area (Å²) in [5.74, 6) is -0.819. The zero-order valence-electron chi connectivity index (χ0n) is 14.8. The van der Waals surface area contributed by atoms with E-state index in [-0.39, 0.29) is 18.2 Å². The van der Waals surface area contributed by atoms with Crippen molar-refractivity contribution in [2.45, 2.75) is 45.7 Å². The van der Waals surface area contributed by atoms with Gasteiger partial charge in [-0.3, -0.25) is 19.7 Å². The quantitative estimate of drug-likeness (QED) is 0.663. The van der Waals surface area contributed by atoms with Crippen LogP contribution in [0.1, 0.15) is 32.8 Å². The number of imide groups is 1. The minimum absolute atomic E-state index is 0.193. The Balaban J connectivity index is 2.49. The highest BCUT2D eigenvalue weighted by Crippen LogP contribution is 2.04. The maximum atomic E-state index is 12.1. The third-order valence-corrected chi connectivity index (χ3v) is 3.60. The van der Waals surface area contributed by atoms with Crippen LogP contribution in [0.4, 0.5) is 0 Å². The van der Waals surface area contributed by atoms with Crippen molar-refractivity contribution in [1.82, 2.24) is 16.0 Å². The van der Waals surface area contributed by atoms with Gasteiger partial charge in [-0.25, -0.2) is 0 Å². The van der Waals surface area contributed by atoms with Crippen molar-refractivity contribution < 1.29 is 14.4 Å². The minimum atomic E-state index is -0.776. The molecule has 24 heavy (non-hydrogen) atoms. The third-order valence-electron chi connectivity index (χ3n) is 3.60. The van der Waals surface area contributed by atoms with Crippen LogP contribution in [0.15, 0.2) is 30.3 Å². The number of benzene rings is 1. The zero-order chi connectivity index (χ0) is 18.1. The van der Waals surface area contributed by atoms with Gasteiger partial charge in [0.05, 0.1) is 12.5 Å². The van der Waals surface area contributed by atoms with Crippen molar-refractivity contribution in [1.29, 1.82) is 0 Å². The summed E-state index contributed by atoms with van der Waals surface area (Å²) in [6.07, 6.45) is 0.823. The van der Waals surface area contributed by atoms with E-state index in [0.717, 1.165) is 5.56 Å². The van der Waals surface area contributed by atoms with E-state index < -0.39 is 18.0 Å². The maximum absolute atomic E-state index is 12.1. The molecule has 1 aromatic rings. The summed E-state index contributed by atoms with van der Waals surface area (Å²) in [6, 6.07) is 8.06. The van der Waals surface area contributed by atoms with E-state index in [2.05, 4.69) is 16.0 Å². The fourth-order valence-corrected chi connectivity index (χ4v) is 2.28. The second-order valence-corrected chi connectivity index (χ2v) is 6.28. The summed E-state index contributed by atoms with van der Waals surface area (Å²) in [5, 5.41) is 7.86. The Hall–Kier alpha value is -2.21. The Morgan fingerprint density at radius 1 is 1.00 bits per heavy atom. The Morgan fingerprint density at radius 2 is 1.62 bits per heavy atom. The summed E-state index contributed by atoms with van der Waals surface area (Å²) >= 11 is 0. The highest BCUT2D eigenvalue weighted by molar-refractivity contribution is 6.01. The molecule has 1 aromatic carbocycles. The predicted octanol–water partition coefficient (Wildman–Crippen LogP) is 1.01. The molecule has 0 spiro atoms. The number of amides is 3. The average molecular weight is 333 g/mol. The molecule has 0 aliphatic carbocycles. The molecule has 0 unspecified atom stereocenters. The lowest BCUT2D eigenvalue weighted by Gasteiger charge is -2.19. The molecule has 0 aliphatic heterocycles. The van der Waals surface area contributed by atoms with Crippen LogP contribution in [0.3, 0.4) is 0 Å². The standard InChI is InChI=1S/C18H27N3O3/c1-12(2)10-15(19-4)18(24)21-17(23)13(3)20-16(22)11-14-8-6-5-7-9-14/h5-9,12-13,15,19H,10-11H2,1-4H3,(H,20,22)(H,21,23,24)/t13-,15-/m0/s1. The zero-order valence-corrected chi connectivity index (χ0v) is 14.8. The van der Waals surface area contributed by atoms with Gasteiger partial charge in [-0.1, -0.05) is 44.2 Å². The summed E-state index contributed by atoms with van der Waals surface area (Å²) in [4.78, 5) is 36.1. The van der Waals surface area contributed by atoms with Crippen LogP contribution in [0.2, 0.25) is 0 Å². The highest BCUT2D eigenvalue weighted by atomic mass is 16.2. The van der Waals surface area contributed by atoms with Crippen molar-refractivity contribution in [3.63, 3.8) is 0 Å². The molecule has 3 amide bonds. The van der Waals surface area contributed by atoms with Gasteiger partial charge < -0.3 is 10.6 Å². The smallest absolute Gasteiger partial charge is 0.248 e. The Morgan fingerprint density at radius 3 is 2.17 bits per heavy atom.